The molecule has 138 valence electrons. The summed E-state index contributed by atoms with van der Waals surface area (Å²) in [6.07, 6.45) is 2.40. The molecule has 0 unspecified atom stereocenters. The summed E-state index contributed by atoms with van der Waals surface area (Å²) < 4.78 is 3.36. The fraction of sp³-hybridized carbons (Fsp3) is 0.143. The summed E-state index contributed by atoms with van der Waals surface area (Å²) in [5, 5.41) is 11.5. The average molecular weight is 370 g/mol. The van der Waals surface area contributed by atoms with Crippen LogP contribution in [0, 0.1) is 0 Å². The second kappa shape index (κ2) is 6.45. The summed E-state index contributed by atoms with van der Waals surface area (Å²) in [5.74, 6) is 0. The first-order valence-corrected chi connectivity index (χ1v) is 9.16. The number of aromatic amines is 1. The highest BCUT2D eigenvalue weighted by atomic mass is 16.1. The molecule has 0 aliphatic rings. The average Bonchev–Trinajstić information content (AvgIpc) is 3.33. The molecule has 0 saturated carbocycles. The van der Waals surface area contributed by atoms with E-state index >= 15 is 0 Å². The maximum Gasteiger partial charge on any atom is 0.272 e. The van der Waals surface area contributed by atoms with E-state index in [0.717, 1.165) is 27.9 Å². The molecule has 7 heteroatoms. The number of H-pyrrole nitrogens is 1. The van der Waals surface area contributed by atoms with Crippen LogP contribution in [0.2, 0.25) is 0 Å². The molecule has 5 aromatic rings. The van der Waals surface area contributed by atoms with Crippen molar-refractivity contribution in [1.29, 1.82) is 0 Å². The van der Waals surface area contributed by atoms with Gasteiger partial charge in [-0.15, -0.1) is 5.10 Å². The molecule has 0 aliphatic heterocycles. The van der Waals surface area contributed by atoms with Gasteiger partial charge < -0.3 is 0 Å². The summed E-state index contributed by atoms with van der Waals surface area (Å²) >= 11 is 0. The van der Waals surface area contributed by atoms with Gasteiger partial charge in [-0.05, 0) is 24.6 Å². The first-order chi connectivity index (χ1) is 13.7. The van der Waals surface area contributed by atoms with Crippen LogP contribution in [-0.4, -0.2) is 29.6 Å². The van der Waals surface area contributed by atoms with E-state index in [1.165, 1.54) is 4.52 Å². The van der Waals surface area contributed by atoms with Crippen LogP contribution in [0.25, 0.3) is 27.8 Å². The van der Waals surface area contributed by atoms with Gasteiger partial charge in [0.25, 0.3) is 5.56 Å². The summed E-state index contributed by atoms with van der Waals surface area (Å²) in [6.45, 7) is 2.06. The molecule has 0 aliphatic carbocycles. The molecule has 0 amide bonds. The molecule has 28 heavy (non-hydrogen) atoms. The standard InChI is InChI=1S/C21H18N6O/c1-14(26-19-10-6-5-9-18(19)24-25-26)11-16-12-20(28)27-21(23-16)17(13-22-27)15-7-3-2-4-8-15/h2-10,12-14,22H,11H2,1H3/t14-/m1/s1. The van der Waals surface area contributed by atoms with Gasteiger partial charge in [-0.3, -0.25) is 9.89 Å². The van der Waals surface area contributed by atoms with Crippen LogP contribution in [0.15, 0.2) is 71.7 Å². The van der Waals surface area contributed by atoms with Gasteiger partial charge in [-0.1, -0.05) is 47.7 Å². The lowest BCUT2D eigenvalue weighted by molar-refractivity contribution is 0.484. The molecule has 0 radical (unpaired) electrons. The molecule has 0 spiro atoms. The zero-order valence-electron chi connectivity index (χ0n) is 15.3. The van der Waals surface area contributed by atoms with E-state index in [0.29, 0.717) is 12.1 Å². The predicted molar refractivity (Wildman–Crippen MR) is 107 cm³/mol. The molecule has 0 fully saturated rings. The monoisotopic (exact) mass is 370 g/mol. The highest BCUT2D eigenvalue weighted by molar-refractivity contribution is 5.77. The highest BCUT2D eigenvalue weighted by Gasteiger charge is 2.15. The third-order valence-electron chi connectivity index (χ3n) is 4.93. The molecule has 0 bridgehead atoms. The quantitative estimate of drug-likeness (QED) is 0.527. The third-order valence-corrected chi connectivity index (χ3v) is 4.93. The molecule has 2 aromatic carbocycles. The Hall–Kier alpha value is -3.74. The third kappa shape index (κ3) is 2.68. The van der Waals surface area contributed by atoms with Crippen LogP contribution in [0.5, 0.6) is 0 Å². The lowest BCUT2D eigenvalue weighted by Gasteiger charge is -2.12. The Balaban J connectivity index is 1.55. The minimum Gasteiger partial charge on any atom is -0.296 e. The number of benzene rings is 2. The Morgan fingerprint density at radius 2 is 1.86 bits per heavy atom. The zero-order chi connectivity index (χ0) is 19.1. The van der Waals surface area contributed by atoms with Crippen LogP contribution in [-0.2, 0) is 6.42 Å². The number of aromatic nitrogens is 6. The van der Waals surface area contributed by atoms with E-state index in [9.17, 15) is 4.79 Å². The lowest BCUT2D eigenvalue weighted by Crippen LogP contribution is -2.18. The van der Waals surface area contributed by atoms with Gasteiger partial charge >= 0.3 is 0 Å². The second-order valence-electron chi connectivity index (χ2n) is 6.87. The number of hydrogen-bond acceptors (Lipinski definition) is 4. The Morgan fingerprint density at radius 1 is 1.07 bits per heavy atom. The van der Waals surface area contributed by atoms with Gasteiger partial charge in [-0.25, -0.2) is 14.2 Å². The van der Waals surface area contributed by atoms with Crippen LogP contribution >= 0.6 is 0 Å². The SMILES string of the molecule is C[C@H](Cc1cc(=O)n2[nH]cc(-c3ccccc3)c2n1)n1nnc2ccccc21. The Morgan fingerprint density at radius 3 is 2.71 bits per heavy atom. The molecule has 1 atom stereocenters. The van der Waals surface area contributed by atoms with Gasteiger partial charge in [0.05, 0.1) is 17.3 Å². The van der Waals surface area contributed by atoms with Crippen molar-refractivity contribution < 1.29 is 0 Å². The van der Waals surface area contributed by atoms with E-state index in [1.807, 2.05) is 65.5 Å². The van der Waals surface area contributed by atoms with Crippen molar-refractivity contribution >= 4 is 16.7 Å². The number of hydrogen-bond donors (Lipinski definition) is 1. The van der Waals surface area contributed by atoms with Crippen molar-refractivity contribution in [3.05, 3.63) is 82.9 Å². The van der Waals surface area contributed by atoms with E-state index in [2.05, 4.69) is 22.3 Å². The molecule has 1 N–H and O–H groups in total. The minimum absolute atomic E-state index is 0.0147. The Bertz CT molecular complexity index is 1330. The highest BCUT2D eigenvalue weighted by Crippen LogP contribution is 2.23. The van der Waals surface area contributed by atoms with Crippen LogP contribution in [0.1, 0.15) is 18.7 Å². The number of rotatable bonds is 4. The van der Waals surface area contributed by atoms with Crippen LogP contribution < -0.4 is 5.56 Å². The summed E-state index contributed by atoms with van der Waals surface area (Å²) in [7, 11) is 0. The fourth-order valence-corrected chi connectivity index (χ4v) is 3.57. The number of nitrogens with zero attached hydrogens (tertiary/aromatic N) is 5. The maximum absolute atomic E-state index is 12.6. The largest absolute Gasteiger partial charge is 0.296 e. The summed E-state index contributed by atoms with van der Waals surface area (Å²) in [5.41, 5.74) is 4.98. The first-order valence-electron chi connectivity index (χ1n) is 9.16. The van der Waals surface area contributed by atoms with Crippen molar-refractivity contribution in [3.8, 4) is 11.1 Å². The number of fused-ring (bicyclic) bond motifs is 2. The van der Waals surface area contributed by atoms with Crippen molar-refractivity contribution in [2.45, 2.75) is 19.4 Å². The van der Waals surface area contributed by atoms with Crippen molar-refractivity contribution in [2.24, 2.45) is 0 Å². The normalized spacial score (nSPS) is 12.6. The first kappa shape index (κ1) is 16.4. The second-order valence-corrected chi connectivity index (χ2v) is 6.87. The van der Waals surface area contributed by atoms with Gasteiger partial charge in [0, 0.05) is 24.2 Å². The smallest absolute Gasteiger partial charge is 0.272 e. The van der Waals surface area contributed by atoms with Gasteiger partial charge in [0.2, 0.25) is 0 Å². The maximum atomic E-state index is 12.6. The predicted octanol–water partition coefficient (Wildman–Crippen LogP) is 3.24. The number of para-hydroxylation sites is 1. The lowest BCUT2D eigenvalue weighted by atomic mass is 10.1. The van der Waals surface area contributed by atoms with Crippen LogP contribution in [0.3, 0.4) is 0 Å². The summed E-state index contributed by atoms with van der Waals surface area (Å²) in [6, 6.07) is 19.4. The van der Waals surface area contributed by atoms with Crippen molar-refractivity contribution in [3.63, 3.8) is 0 Å². The van der Waals surface area contributed by atoms with E-state index in [1.54, 1.807) is 6.07 Å². The molecule has 5 rings (SSSR count). The minimum atomic E-state index is -0.127. The Labute approximate surface area is 160 Å². The molecular weight excluding hydrogens is 352 g/mol. The molecule has 7 nitrogen and oxygen atoms in total. The van der Waals surface area contributed by atoms with Gasteiger partial charge in [-0.2, -0.15) is 0 Å². The van der Waals surface area contributed by atoms with Gasteiger partial charge in [0.1, 0.15) is 5.52 Å². The topological polar surface area (TPSA) is 80.9 Å². The molecule has 3 heterocycles. The van der Waals surface area contributed by atoms with E-state index in [-0.39, 0.29) is 11.6 Å². The molecule has 0 saturated heterocycles. The fourth-order valence-electron chi connectivity index (χ4n) is 3.57. The van der Waals surface area contributed by atoms with Crippen molar-refractivity contribution in [2.75, 3.05) is 0 Å². The van der Waals surface area contributed by atoms with E-state index < -0.39 is 0 Å². The number of nitrogens with one attached hydrogen (secondary N) is 1. The zero-order valence-corrected chi connectivity index (χ0v) is 15.3. The molecular formula is C21H18N6O. The van der Waals surface area contributed by atoms with E-state index in [4.69, 9.17) is 4.98 Å². The van der Waals surface area contributed by atoms with Crippen molar-refractivity contribution in [1.82, 2.24) is 29.6 Å². The Kier molecular flexibility index (Phi) is 3.79. The molecule has 3 aromatic heterocycles. The van der Waals surface area contributed by atoms with Gasteiger partial charge in [0.15, 0.2) is 5.65 Å². The van der Waals surface area contributed by atoms with Crippen LogP contribution in [0.4, 0.5) is 0 Å². The summed E-state index contributed by atoms with van der Waals surface area (Å²) in [4.78, 5) is 17.4.